The molecule has 2 heterocycles. The van der Waals surface area contributed by atoms with E-state index in [-0.39, 0.29) is 5.91 Å². The highest BCUT2D eigenvalue weighted by Crippen LogP contribution is 2.35. The van der Waals surface area contributed by atoms with Crippen LogP contribution in [0.15, 0.2) is 18.2 Å². The van der Waals surface area contributed by atoms with Crippen molar-refractivity contribution in [2.24, 2.45) is 5.41 Å². The molecule has 0 radical (unpaired) electrons. The van der Waals surface area contributed by atoms with Crippen molar-refractivity contribution in [3.63, 3.8) is 0 Å². The lowest BCUT2D eigenvalue weighted by molar-refractivity contribution is 0.0599. The van der Waals surface area contributed by atoms with E-state index >= 15 is 0 Å². The normalized spacial score (nSPS) is 20.6. The Balaban J connectivity index is 1.78. The maximum atomic E-state index is 12.9. The highest BCUT2D eigenvalue weighted by Gasteiger charge is 2.31. The summed E-state index contributed by atoms with van der Waals surface area (Å²) < 4.78 is 0. The van der Waals surface area contributed by atoms with Gasteiger partial charge in [-0.1, -0.05) is 26.3 Å². The fourth-order valence-corrected chi connectivity index (χ4v) is 3.48. The van der Waals surface area contributed by atoms with Crippen molar-refractivity contribution >= 4 is 11.6 Å². The van der Waals surface area contributed by atoms with Gasteiger partial charge in [0.2, 0.25) is 0 Å². The molecule has 0 unspecified atom stereocenters. The smallest absolute Gasteiger partial charge is 0.254 e. The van der Waals surface area contributed by atoms with Gasteiger partial charge in [-0.3, -0.25) is 4.79 Å². The molecule has 0 saturated carbocycles. The van der Waals surface area contributed by atoms with Crippen LogP contribution >= 0.6 is 0 Å². The largest absolute Gasteiger partial charge is 0.385 e. The average Bonchev–Trinajstić information content (AvgIpc) is 2.54. The molecule has 114 valence electrons. The van der Waals surface area contributed by atoms with Gasteiger partial charge in [0.1, 0.15) is 0 Å². The van der Waals surface area contributed by atoms with Crippen LogP contribution in [-0.2, 0) is 6.42 Å². The van der Waals surface area contributed by atoms with Crippen molar-refractivity contribution in [1.29, 1.82) is 0 Å². The molecule has 0 aromatic heterocycles. The number of hydrogen-bond donors (Lipinski definition) is 1. The van der Waals surface area contributed by atoms with E-state index in [1.807, 2.05) is 12.1 Å². The number of nitrogens with one attached hydrogen (secondary N) is 1. The number of piperidine rings is 1. The summed E-state index contributed by atoms with van der Waals surface area (Å²) in [7, 11) is 0. The summed E-state index contributed by atoms with van der Waals surface area (Å²) in [6.07, 6.45) is 5.60. The summed E-state index contributed by atoms with van der Waals surface area (Å²) in [6, 6.07) is 6.10. The van der Waals surface area contributed by atoms with Crippen molar-refractivity contribution in [3.8, 4) is 0 Å². The van der Waals surface area contributed by atoms with E-state index in [1.165, 1.54) is 12.0 Å². The zero-order chi connectivity index (χ0) is 14.9. The van der Waals surface area contributed by atoms with Crippen LogP contribution in [-0.4, -0.2) is 30.4 Å². The molecule has 2 aliphatic heterocycles. The van der Waals surface area contributed by atoms with E-state index in [1.54, 1.807) is 0 Å². The van der Waals surface area contributed by atoms with Gasteiger partial charge in [0.05, 0.1) is 0 Å². The van der Waals surface area contributed by atoms with Crippen molar-refractivity contribution in [2.75, 3.05) is 25.0 Å². The second-order valence-corrected chi connectivity index (χ2v) is 6.82. The van der Waals surface area contributed by atoms with E-state index in [2.05, 4.69) is 30.1 Å². The number of hydrogen-bond acceptors (Lipinski definition) is 2. The van der Waals surface area contributed by atoms with E-state index < -0.39 is 0 Å². The van der Waals surface area contributed by atoms with Gasteiger partial charge in [-0.25, -0.2) is 0 Å². The minimum atomic E-state index is 0.230. The van der Waals surface area contributed by atoms with Gasteiger partial charge in [0.25, 0.3) is 5.91 Å². The van der Waals surface area contributed by atoms with Crippen molar-refractivity contribution in [1.82, 2.24) is 4.90 Å². The Hall–Kier alpha value is -1.51. The van der Waals surface area contributed by atoms with Gasteiger partial charge in [-0.15, -0.1) is 0 Å². The van der Waals surface area contributed by atoms with Gasteiger partial charge in [0, 0.05) is 30.9 Å². The Labute approximate surface area is 127 Å². The minimum absolute atomic E-state index is 0.230. The molecule has 1 N–H and O–H groups in total. The molecule has 3 rings (SSSR count). The Morgan fingerprint density at radius 1 is 1.33 bits per heavy atom. The molecule has 0 atom stereocenters. The summed E-state index contributed by atoms with van der Waals surface area (Å²) in [6.45, 7) is 7.43. The van der Waals surface area contributed by atoms with E-state index in [9.17, 15) is 4.79 Å². The van der Waals surface area contributed by atoms with Crippen LogP contribution in [0.25, 0.3) is 0 Å². The number of nitrogens with zero attached hydrogens (tertiary/aromatic N) is 1. The number of amides is 1. The average molecular weight is 286 g/mol. The Morgan fingerprint density at radius 2 is 2.10 bits per heavy atom. The first-order valence-corrected chi connectivity index (χ1v) is 8.28. The second-order valence-electron chi connectivity index (χ2n) is 6.82. The van der Waals surface area contributed by atoms with Crippen LogP contribution in [0.5, 0.6) is 0 Å². The summed E-state index contributed by atoms with van der Waals surface area (Å²) in [5, 5.41) is 3.41. The predicted octanol–water partition coefficient (Wildman–Crippen LogP) is 3.70. The lowest BCUT2D eigenvalue weighted by Gasteiger charge is -2.39. The first kappa shape index (κ1) is 14.4. The van der Waals surface area contributed by atoms with Crippen molar-refractivity contribution < 1.29 is 4.79 Å². The standard InChI is InChI=1S/C18H26N2O/c1-3-18(2)9-12-20(13-10-18)17(21)15-6-4-8-16-14(15)7-5-11-19-16/h4,6,8,19H,3,5,7,9-13H2,1-2H3. The maximum absolute atomic E-state index is 12.9. The Morgan fingerprint density at radius 3 is 2.81 bits per heavy atom. The molecule has 0 bridgehead atoms. The number of carbonyl (C=O) groups excluding carboxylic acids is 1. The maximum Gasteiger partial charge on any atom is 0.254 e. The molecular formula is C18H26N2O. The topological polar surface area (TPSA) is 32.3 Å². The molecule has 0 aliphatic carbocycles. The van der Waals surface area contributed by atoms with Crippen LogP contribution in [0.2, 0.25) is 0 Å². The summed E-state index contributed by atoms with van der Waals surface area (Å²) in [5.74, 6) is 0.230. The third-order valence-electron chi connectivity index (χ3n) is 5.44. The highest BCUT2D eigenvalue weighted by atomic mass is 16.2. The number of fused-ring (bicyclic) bond motifs is 1. The van der Waals surface area contributed by atoms with E-state index in [0.29, 0.717) is 5.41 Å². The van der Waals surface area contributed by atoms with Crippen LogP contribution in [0.1, 0.15) is 55.5 Å². The fraction of sp³-hybridized carbons (Fsp3) is 0.611. The third-order valence-corrected chi connectivity index (χ3v) is 5.44. The van der Waals surface area contributed by atoms with E-state index in [0.717, 1.165) is 56.6 Å². The number of likely N-dealkylation sites (tertiary alicyclic amines) is 1. The van der Waals surface area contributed by atoms with Crippen LogP contribution in [0, 0.1) is 5.41 Å². The fourth-order valence-electron chi connectivity index (χ4n) is 3.48. The molecule has 0 spiro atoms. The van der Waals surface area contributed by atoms with Gasteiger partial charge in [0.15, 0.2) is 0 Å². The third kappa shape index (κ3) is 2.78. The monoisotopic (exact) mass is 286 g/mol. The summed E-state index contributed by atoms with van der Waals surface area (Å²) in [4.78, 5) is 14.9. The highest BCUT2D eigenvalue weighted by molar-refractivity contribution is 5.97. The van der Waals surface area contributed by atoms with Gasteiger partial charge in [-0.05, 0) is 48.8 Å². The number of benzene rings is 1. The minimum Gasteiger partial charge on any atom is -0.385 e. The first-order valence-electron chi connectivity index (χ1n) is 8.28. The zero-order valence-electron chi connectivity index (χ0n) is 13.2. The quantitative estimate of drug-likeness (QED) is 0.899. The SMILES string of the molecule is CCC1(C)CCN(C(=O)c2cccc3c2CCCN3)CC1. The van der Waals surface area contributed by atoms with Crippen LogP contribution in [0.4, 0.5) is 5.69 Å². The molecule has 1 aromatic rings. The Kier molecular flexibility index (Phi) is 3.92. The van der Waals surface area contributed by atoms with Crippen molar-refractivity contribution in [3.05, 3.63) is 29.3 Å². The molecule has 1 amide bonds. The van der Waals surface area contributed by atoms with Crippen LogP contribution in [0.3, 0.4) is 0 Å². The van der Waals surface area contributed by atoms with Crippen molar-refractivity contribution in [2.45, 2.75) is 46.0 Å². The van der Waals surface area contributed by atoms with E-state index in [4.69, 9.17) is 0 Å². The molecule has 1 fully saturated rings. The summed E-state index contributed by atoms with van der Waals surface area (Å²) >= 11 is 0. The van der Waals surface area contributed by atoms with Gasteiger partial charge >= 0.3 is 0 Å². The molecule has 2 aliphatic rings. The molecule has 3 heteroatoms. The molecular weight excluding hydrogens is 260 g/mol. The molecule has 1 saturated heterocycles. The van der Waals surface area contributed by atoms with Gasteiger partial charge in [-0.2, -0.15) is 0 Å². The van der Waals surface area contributed by atoms with Crippen LogP contribution < -0.4 is 5.32 Å². The Bertz CT molecular complexity index is 530. The molecule has 21 heavy (non-hydrogen) atoms. The molecule has 3 nitrogen and oxygen atoms in total. The predicted molar refractivity (Wildman–Crippen MR) is 86.8 cm³/mol. The number of carbonyl (C=O) groups is 1. The number of anilines is 1. The number of rotatable bonds is 2. The summed E-state index contributed by atoms with van der Waals surface area (Å²) in [5.41, 5.74) is 3.72. The zero-order valence-corrected chi connectivity index (χ0v) is 13.2. The molecule has 1 aromatic carbocycles. The van der Waals surface area contributed by atoms with Gasteiger partial charge < -0.3 is 10.2 Å². The lowest BCUT2D eigenvalue weighted by Crippen LogP contribution is -2.42. The lowest BCUT2D eigenvalue weighted by atomic mass is 9.78. The second kappa shape index (κ2) is 5.70. The first-order chi connectivity index (χ1) is 10.1.